The van der Waals surface area contributed by atoms with Crippen molar-refractivity contribution in [3.63, 3.8) is 0 Å². The number of aromatic nitrogens is 4. The Morgan fingerprint density at radius 2 is 2.21 bits per heavy atom. The zero-order chi connectivity index (χ0) is 20.5. The van der Waals surface area contributed by atoms with E-state index in [9.17, 15) is 9.18 Å². The Balaban J connectivity index is 1.72. The molecule has 0 saturated carbocycles. The lowest BCUT2D eigenvalue weighted by Gasteiger charge is -2.11. The minimum atomic E-state index is -0.902. The fourth-order valence-electron chi connectivity index (χ4n) is 3.38. The van der Waals surface area contributed by atoms with E-state index in [0.29, 0.717) is 49.5 Å². The van der Waals surface area contributed by atoms with Crippen LogP contribution in [0.5, 0.6) is 5.75 Å². The van der Waals surface area contributed by atoms with Gasteiger partial charge in [-0.1, -0.05) is 6.92 Å². The van der Waals surface area contributed by atoms with Crippen molar-refractivity contribution < 1.29 is 13.9 Å². The van der Waals surface area contributed by atoms with Crippen LogP contribution in [-0.2, 0) is 24.2 Å². The SMILES string of the molecule is CCC(=O)NCCn1c(Cc2cc3c(cc2I)CCO3)nc2c(N)nc(F)nc21. The topological polar surface area (TPSA) is 108 Å². The van der Waals surface area contributed by atoms with Crippen LogP contribution in [0.3, 0.4) is 0 Å². The molecule has 152 valence electrons. The number of amides is 1. The van der Waals surface area contributed by atoms with E-state index >= 15 is 0 Å². The largest absolute Gasteiger partial charge is 0.493 e. The highest BCUT2D eigenvalue weighted by Gasteiger charge is 2.20. The first-order chi connectivity index (χ1) is 14.0. The number of hydrogen-bond donors (Lipinski definition) is 2. The van der Waals surface area contributed by atoms with Crippen molar-refractivity contribution in [2.24, 2.45) is 0 Å². The van der Waals surface area contributed by atoms with Gasteiger partial charge in [0.05, 0.1) is 6.61 Å². The second kappa shape index (κ2) is 8.09. The zero-order valence-corrected chi connectivity index (χ0v) is 18.0. The van der Waals surface area contributed by atoms with E-state index in [2.05, 4.69) is 48.9 Å². The number of ether oxygens (including phenoxy) is 1. The lowest BCUT2D eigenvalue weighted by molar-refractivity contribution is -0.120. The maximum absolute atomic E-state index is 13.8. The molecule has 3 heterocycles. The van der Waals surface area contributed by atoms with Gasteiger partial charge >= 0.3 is 6.08 Å². The minimum absolute atomic E-state index is 0.00271. The highest BCUT2D eigenvalue weighted by molar-refractivity contribution is 14.1. The Kier molecular flexibility index (Phi) is 5.52. The molecule has 0 aliphatic carbocycles. The zero-order valence-electron chi connectivity index (χ0n) is 15.8. The van der Waals surface area contributed by atoms with Gasteiger partial charge < -0.3 is 20.4 Å². The molecule has 29 heavy (non-hydrogen) atoms. The van der Waals surface area contributed by atoms with Crippen molar-refractivity contribution in [2.45, 2.75) is 32.7 Å². The first kappa shape index (κ1) is 19.8. The van der Waals surface area contributed by atoms with Gasteiger partial charge in [-0.05, 0) is 45.9 Å². The summed E-state index contributed by atoms with van der Waals surface area (Å²) in [5, 5.41) is 2.82. The molecule has 1 aliphatic rings. The summed E-state index contributed by atoms with van der Waals surface area (Å²) in [5.74, 6) is 1.51. The minimum Gasteiger partial charge on any atom is -0.493 e. The molecule has 10 heteroatoms. The fourth-order valence-corrected chi connectivity index (χ4v) is 4.11. The Labute approximate surface area is 180 Å². The summed E-state index contributed by atoms with van der Waals surface area (Å²) in [6, 6.07) is 4.16. The predicted octanol–water partition coefficient (Wildman–Crippen LogP) is 2.20. The third kappa shape index (κ3) is 3.98. The molecule has 0 saturated heterocycles. The number of carbonyl (C=O) groups is 1. The van der Waals surface area contributed by atoms with Gasteiger partial charge in [0.2, 0.25) is 5.91 Å². The Hall–Kier alpha value is -2.50. The summed E-state index contributed by atoms with van der Waals surface area (Å²) in [4.78, 5) is 23.7. The average molecular weight is 510 g/mol. The molecule has 0 unspecified atom stereocenters. The van der Waals surface area contributed by atoms with Crippen molar-refractivity contribution in [3.8, 4) is 5.75 Å². The van der Waals surface area contributed by atoms with E-state index in [1.165, 1.54) is 5.56 Å². The van der Waals surface area contributed by atoms with E-state index in [1.54, 1.807) is 11.5 Å². The van der Waals surface area contributed by atoms with Crippen LogP contribution in [0.2, 0.25) is 0 Å². The fraction of sp³-hybridized carbons (Fsp3) is 0.368. The summed E-state index contributed by atoms with van der Waals surface area (Å²) in [7, 11) is 0. The van der Waals surface area contributed by atoms with Gasteiger partial charge in [-0.2, -0.15) is 14.4 Å². The molecule has 0 fully saturated rings. The van der Waals surface area contributed by atoms with Gasteiger partial charge in [-0.25, -0.2) is 4.98 Å². The second-order valence-electron chi connectivity index (χ2n) is 6.76. The summed E-state index contributed by atoms with van der Waals surface area (Å²) in [5.41, 5.74) is 8.80. The number of nitrogens with two attached hydrogens (primary N) is 1. The molecular formula is C19H20FIN6O2. The second-order valence-corrected chi connectivity index (χ2v) is 7.92. The molecule has 1 aliphatic heterocycles. The van der Waals surface area contributed by atoms with Crippen LogP contribution in [0.1, 0.15) is 30.3 Å². The number of anilines is 1. The molecule has 8 nitrogen and oxygen atoms in total. The van der Waals surface area contributed by atoms with E-state index in [0.717, 1.165) is 21.3 Å². The quantitative estimate of drug-likeness (QED) is 0.389. The normalized spacial score (nSPS) is 12.8. The van der Waals surface area contributed by atoms with Crippen LogP contribution in [0, 0.1) is 9.65 Å². The van der Waals surface area contributed by atoms with Gasteiger partial charge in [-0.3, -0.25) is 4.79 Å². The number of benzene rings is 1. The standard InChI is InChI=1S/C19H20FIN6O2/c1-2-15(28)23-4-5-27-14(24-16-17(22)25-19(20)26-18(16)27)9-11-8-13-10(3-6-29-13)7-12(11)21/h7-8H,2-6,9H2,1H3,(H,23,28)(H2,22,25,26). The number of hydrogen-bond acceptors (Lipinski definition) is 6. The summed E-state index contributed by atoms with van der Waals surface area (Å²) in [6.45, 7) is 3.25. The first-order valence-electron chi connectivity index (χ1n) is 9.35. The molecular weight excluding hydrogens is 490 g/mol. The highest BCUT2D eigenvalue weighted by Crippen LogP contribution is 2.31. The van der Waals surface area contributed by atoms with E-state index < -0.39 is 6.08 Å². The number of rotatable bonds is 6. The molecule has 0 radical (unpaired) electrons. The third-order valence-electron chi connectivity index (χ3n) is 4.86. The van der Waals surface area contributed by atoms with Crippen molar-refractivity contribution >= 4 is 45.5 Å². The molecule has 0 spiro atoms. The average Bonchev–Trinajstić information content (AvgIpc) is 3.26. The number of nitrogens with zero attached hydrogens (tertiary/aromatic N) is 4. The van der Waals surface area contributed by atoms with Crippen molar-refractivity contribution in [1.82, 2.24) is 24.8 Å². The van der Waals surface area contributed by atoms with Crippen LogP contribution in [0.25, 0.3) is 11.2 Å². The Morgan fingerprint density at radius 1 is 1.38 bits per heavy atom. The van der Waals surface area contributed by atoms with Crippen LogP contribution in [-0.4, -0.2) is 38.6 Å². The molecule has 1 aromatic carbocycles. The van der Waals surface area contributed by atoms with E-state index in [4.69, 9.17) is 10.5 Å². The van der Waals surface area contributed by atoms with Crippen LogP contribution in [0.15, 0.2) is 12.1 Å². The molecule has 0 atom stereocenters. The number of fused-ring (bicyclic) bond motifs is 2. The summed E-state index contributed by atoms with van der Waals surface area (Å²) in [6.07, 6.45) is 0.899. The van der Waals surface area contributed by atoms with Crippen molar-refractivity contribution in [3.05, 3.63) is 38.7 Å². The van der Waals surface area contributed by atoms with Crippen LogP contribution >= 0.6 is 22.6 Å². The lowest BCUT2D eigenvalue weighted by atomic mass is 10.1. The molecule has 0 bridgehead atoms. The molecule has 3 aromatic rings. The van der Waals surface area contributed by atoms with E-state index in [-0.39, 0.29) is 11.7 Å². The highest BCUT2D eigenvalue weighted by atomic mass is 127. The van der Waals surface area contributed by atoms with Crippen LogP contribution < -0.4 is 15.8 Å². The van der Waals surface area contributed by atoms with Gasteiger partial charge in [-0.15, -0.1) is 0 Å². The summed E-state index contributed by atoms with van der Waals surface area (Å²) >= 11 is 2.30. The maximum Gasteiger partial charge on any atom is 0.312 e. The number of halogens is 2. The molecule has 1 amide bonds. The molecule has 2 aromatic heterocycles. The van der Waals surface area contributed by atoms with Gasteiger partial charge in [0.15, 0.2) is 17.0 Å². The Bertz CT molecular complexity index is 1100. The maximum atomic E-state index is 13.8. The van der Waals surface area contributed by atoms with Gasteiger partial charge in [0.25, 0.3) is 0 Å². The predicted molar refractivity (Wildman–Crippen MR) is 114 cm³/mol. The monoisotopic (exact) mass is 510 g/mol. The van der Waals surface area contributed by atoms with Gasteiger partial charge in [0.1, 0.15) is 11.6 Å². The van der Waals surface area contributed by atoms with Gasteiger partial charge in [0, 0.05) is 35.9 Å². The van der Waals surface area contributed by atoms with Crippen LogP contribution in [0.4, 0.5) is 10.2 Å². The molecule has 3 N–H and O–H groups in total. The number of carbonyl (C=O) groups excluding carboxylic acids is 1. The van der Waals surface area contributed by atoms with E-state index in [1.807, 2.05) is 6.07 Å². The Morgan fingerprint density at radius 3 is 3.00 bits per heavy atom. The lowest BCUT2D eigenvalue weighted by Crippen LogP contribution is -2.27. The number of nitrogens with one attached hydrogen (secondary N) is 1. The third-order valence-corrected chi connectivity index (χ3v) is 5.86. The molecule has 4 rings (SSSR count). The summed E-state index contributed by atoms with van der Waals surface area (Å²) < 4.78 is 22.4. The van der Waals surface area contributed by atoms with Crippen molar-refractivity contribution in [2.75, 3.05) is 18.9 Å². The number of imidazole rings is 1. The van der Waals surface area contributed by atoms with Crippen molar-refractivity contribution in [1.29, 1.82) is 0 Å². The smallest absolute Gasteiger partial charge is 0.312 e. The first-order valence-corrected chi connectivity index (χ1v) is 10.4. The number of nitrogen functional groups attached to an aromatic ring is 1.